The number of carbonyl (C=O) groups is 1. The fourth-order valence-electron chi connectivity index (χ4n) is 3.47. The van der Waals surface area contributed by atoms with Gasteiger partial charge in [0.2, 0.25) is 5.78 Å². The summed E-state index contributed by atoms with van der Waals surface area (Å²) in [4.78, 5) is 12.8. The maximum atomic E-state index is 13.9. The minimum Gasteiger partial charge on any atom is -0.488 e. The third-order valence-corrected chi connectivity index (χ3v) is 5.37. The molecule has 5 heteroatoms. The minimum atomic E-state index is -0.668. The molecule has 4 rings (SSSR count). The lowest BCUT2D eigenvalue weighted by Crippen LogP contribution is -2.03. The van der Waals surface area contributed by atoms with Gasteiger partial charge in [-0.3, -0.25) is 4.79 Å². The summed E-state index contributed by atoms with van der Waals surface area (Å²) in [5.74, 6) is -0.0872. The van der Waals surface area contributed by atoms with Crippen molar-refractivity contribution in [1.29, 1.82) is 0 Å². The molecule has 1 aliphatic heterocycles. The van der Waals surface area contributed by atoms with Crippen LogP contribution in [0.15, 0.2) is 60.4 Å². The molecular weight excluding hydrogens is 398 g/mol. The van der Waals surface area contributed by atoms with Crippen molar-refractivity contribution in [1.82, 2.24) is 0 Å². The van der Waals surface area contributed by atoms with Crippen LogP contribution in [0.4, 0.5) is 8.78 Å². The zero-order valence-electron chi connectivity index (χ0n) is 17.5. The van der Waals surface area contributed by atoms with Gasteiger partial charge in [-0.15, -0.1) is 0 Å². The van der Waals surface area contributed by atoms with Crippen LogP contribution in [0.2, 0.25) is 0 Å². The van der Waals surface area contributed by atoms with E-state index in [9.17, 15) is 13.6 Å². The third-order valence-electron chi connectivity index (χ3n) is 5.37. The standard InChI is InChI=1S/C26H22F2O3/c1-15(2)18-9-7-17(8-10-18)13-24-25(29)19-11-12-23(16(3)26(19)31-24)30-14-20-21(27)5-4-6-22(20)28/h4-13,15H,14H2,1-3H3/b24-13-. The van der Waals surface area contributed by atoms with Gasteiger partial charge in [-0.1, -0.05) is 44.2 Å². The number of ketones is 1. The Bertz CT molecular complexity index is 1160. The largest absolute Gasteiger partial charge is 0.488 e. The van der Waals surface area contributed by atoms with Gasteiger partial charge >= 0.3 is 0 Å². The number of hydrogen-bond donors (Lipinski definition) is 0. The highest BCUT2D eigenvalue weighted by Crippen LogP contribution is 2.39. The van der Waals surface area contributed by atoms with Crippen LogP contribution in [0.1, 0.15) is 52.4 Å². The molecular formula is C26H22F2O3. The van der Waals surface area contributed by atoms with Crippen molar-refractivity contribution >= 4 is 11.9 Å². The van der Waals surface area contributed by atoms with Crippen molar-refractivity contribution < 1.29 is 23.0 Å². The number of fused-ring (bicyclic) bond motifs is 1. The summed E-state index contributed by atoms with van der Waals surface area (Å²) in [6.45, 7) is 5.73. The number of ether oxygens (including phenoxy) is 2. The molecule has 3 aromatic rings. The second kappa shape index (κ2) is 8.34. The number of hydrogen-bond acceptors (Lipinski definition) is 3. The number of allylic oxidation sites excluding steroid dienone is 1. The molecule has 0 saturated carbocycles. The van der Waals surface area contributed by atoms with Gasteiger partial charge in [-0.25, -0.2) is 8.78 Å². The molecule has 1 heterocycles. The molecule has 0 unspecified atom stereocenters. The van der Waals surface area contributed by atoms with Crippen LogP contribution in [0.25, 0.3) is 6.08 Å². The quantitative estimate of drug-likeness (QED) is 0.437. The molecule has 3 aromatic carbocycles. The molecule has 0 saturated heterocycles. The second-order valence-corrected chi connectivity index (χ2v) is 7.82. The first-order valence-electron chi connectivity index (χ1n) is 10.1. The molecule has 0 atom stereocenters. The summed E-state index contributed by atoms with van der Waals surface area (Å²) in [6.07, 6.45) is 1.71. The fraction of sp³-hybridized carbons (Fsp3) is 0.192. The van der Waals surface area contributed by atoms with Crippen molar-refractivity contribution in [3.05, 3.63) is 99.8 Å². The van der Waals surface area contributed by atoms with Gasteiger partial charge in [-0.05, 0) is 54.3 Å². The average molecular weight is 420 g/mol. The third kappa shape index (κ3) is 4.08. The highest BCUT2D eigenvalue weighted by atomic mass is 19.1. The van der Waals surface area contributed by atoms with E-state index < -0.39 is 11.6 Å². The molecule has 31 heavy (non-hydrogen) atoms. The number of halogens is 2. The molecule has 0 fully saturated rings. The monoisotopic (exact) mass is 420 g/mol. The Hall–Kier alpha value is -3.47. The van der Waals surface area contributed by atoms with Crippen molar-refractivity contribution in [2.24, 2.45) is 0 Å². The maximum Gasteiger partial charge on any atom is 0.231 e. The van der Waals surface area contributed by atoms with Crippen LogP contribution < -0.4 is 9.47 Å². The first-order chi connectivity index (χ1) is 14.8. The molecule has 0 aliphatic carbocycles. The van der Waals surface area contributed by atoms with Crippen molar-refractivity contribution in [2.75, 3.05) is 0 Å². The molecule has 0 bridgehead atoms. The lowest BCUT2D eigenvalue weighted by atomic mass is 10.0. The van der Waals surface area contributed by atoms with Gasteiger partial charge in [0.15, 0.2) is 5.76 Å². The molecule has 0 N–H and O–H groups in total. The van der Waals surface area contributed by atoms with Crippen LogP contribution >= 0.6 is 0 Å². The summed E-state index contributed by atoms with van der Waals surface area (Å²) >= 11 is 0. The van der Waals surface area contributed by atoms with E-state index in [0.717, 1.165) is 5.56 Å². The molecule has 0 aromatic heterocycles. The Morgan fingerprint density at radius 3 is 2.32 bits per heavy atom. The predicted molar refractivity (Wildman–Crippen MR) is 115 cm³/mol. The number of carbonyl (C=O) groups excluding carboxylic acids is 1. The number of rotatable bonds is 5. The lowest BCUT2D eigenvalue weighted by Gasteiger charge is -2.12. The maximum absolute atomic E-state index is 13.9. The lowest BCUT2D eigenvalue weighted by molar-refractivity contribution is 0.101. The van der Waals surface area contributed by atoms with Crippen LogP contribution in [-0.4, -0.2) is 5.78 Å². The van der Waals surface area contributed by atoms with Crippen molar-refractivity contribution in [3.63, 3.8) is 0 Å². The smallest absolute Gasteiger partial charge is 0.231 e. The second-order valence-electron chi connectivity index (χ2n) is 7.82. The SMILES string of the molecule is Cc1c(OCc2c(F)cccc2F)ccc2c1O/C(=C\c1ccc(C(C)C)cc1)C2=O. The predicted octanol–water partition coefficient (Wildman–Crippen LogP) is 6.59. The van der Waals surface area contributed by atoms with Gasteiger partial charge in [0.25, 0.3) is 0 Å². The van der Waals surface area contributed by atoms with Gasteiger partial charge in [0.05, 0.1) is 11.1 Å². The minimum absolute atomic E-state index is 0.148. The van der Waals surface area contributed by atoms with Crippen molar-refractivity contribution in [3.8, 4) is 11.5 Å². The molecule has 1 aliphatic rings. The molecule has 158 valence electrons. The normalized spacial score (nSPS) is 14.1. The molecule has 0 radical (unpaired) electrons. The van der Waals surface area contributed by atoms with Gasteiger partial charge in [-0.2, -0.15) is 0 Å². The van der Waals surface area contributed by atoms with Gasteiger partial charge in [0, 0.05) is 5.56 Å². The zero-order chi connectivity index (χ0) is 22.1. The molecule has 0 spiro atoms. The summed E-state index contributed by atoms with van der Waals surface area (Å²) in [5.41, 5.74) is 2.97. The molecule has 0 amide bonds. The van der Waals surface area contributed by atoms with E-state index in [1.165, 1.54) is 23.8 Å². The number of Topliss-reactive ketones (excluding diaryl/α,β-unsaturated/α-hetero) is 1. The Morgan fingerprint density at radius 1 is 1.00 bits per heavy atom. The van der Waals surface area contributed by atoms with E-state index in [1.807, 2.05) is 24.3 Å². The summed E-state index contributed by atoms with van der Waals surface area (Å²) in [7, 11) is 0. The van der Waals surface area contributed by atoms with Crippen LogP contribution in [0.5, 0.6) is 11.5 Å². The average Bonchev–Trinajstić information content (AvgIpc) is 3.06. The van der Waals surface area contributed by atoms with E-state index in [2.05, 4.69) is 13.8 Å². The summed E-state index contributed by atoms with van der Waals surface area (Å²) in [6, 6.07) is 14.9. The van der Waals surface area contributed by atoms with E-state index in [0.29, 0.717) is 28.5 Å². The highest BCUT2D eigenvalue weighted by Gasteiger charge is 2.30. The Balaban J connectivity index is 1.56. The highest BCUT2D eigenvalue weighted by molar-refractivity contribution is 6.14. The zero-order valence-corrected chi connectivity index (χ0v) is 17.5. The Labute approximate surface area is 179 Å². The van der Waals surface area contributed by atoms with Gasteiger partial charge in [0.1, 0.15) is 29.7 Å². The van der Waals surface area contributed by atoms with Gasteiger partial charge < -0.3 is 9.47 Å². The van der Waals surface area contributed by atoms with Crippen LogP contribution in [-0.2, 0) is 6.61 Å². The van der Waals surface area contributed by atoms with Crippen molar-refractivity contribution in [2.45, 2.75) is 33.3 Å². The number of benzene rings is 3. The summed E-state index contributed by atoms with van der Waals surface area (Å²) < 4.78 is 39.2. The van der Waals surface area contributed by atoms with Crippen LogP contribution in [0.3, 0.4) is 0 Å². The summed E-state index contributed by atoms with van der Waals surface area (Å²) in [5, 5.41) is 0. The first kappa shape index (κ1) is 20.8. The molecule has 3 nitrogen and oxygen atoms in total. The Morgan fingerprint density at radius 2 is 1.68 bits per heavy atom. The fourth-order valence-corrected chi connectivity index (χ4v) is 3.47. The first-order valence-corrected chi connectivity index (χ1v) is 10.1. The van der Waals surface area contributed by atoms with Crippen LogP contribution in [0, 0.1) is 18.6 Å². The van der Waals surface area contributed by atoms with E-state index in [1.54, 1.807) is 25.1 Å². The van der Waals surface area contributed by atoms with E-state index in [-0.39, 0.29) is 23.7 Å². The topological polar surface area (TPSA) is 35.5 Å². The Kier molecular flexibility index (Phi) is 5.59. The van der Waals surface area contributed by atoms with E-state index >= 15 is 0 Å². The van der Waals surface area contributed by atoms with E-state index in [4.69, 9.17) is 9.47 Å².